The van der Waals surface area contributed by atoms with Gasteiger partial charge in [0.2, 0.25) is 0 Å². The number of rotatable bonds is 8. The van der Waals surface area contributed by atoms with Crippen molar-refractivity contribution in [2.75, 3.05) is 40.3 Å². The van der Waals surface area contributed by atoms with E-state index in [1.54, 1.807) is 0 Å². The molecule has 0 radical (unpaired) electrons. The molecule has 92 valence electrons. The first kappa shape index (κ1) is 14.9. The zero-order chi connectivity index (χ0) is 11.8. The number of nitrogens with two attached hydrogens (primary N) is 1. The number of hydrogen-bond acceptors (Lipinski definition) is 3. The van der Waals surface area contributed by atoms with E-state index >= 15 is 0 Å². The van der Waals surface area contributed by atoms with E-state index in [1.165, 1.54) is 19.5 Å². The second kappa shape index (κ2) is 8.08. The normalized spacial score (nSPS) is 16.0. The second-order valence-corrected chi connectivity index (χ2v) is 4.89. The van der Waals surface area contributed by atoms with Gasteiger partial charge in [0.15, 0.2) is 0 Å². The Morgan fingerprint density at radius 1 is 1.13 bits per heavy atom. The van der Waals surface area contributed by atoms with Crippen LogP contribution in [-0.4, -0.2) is 56.1 Å². The van der Waals surface area contributed by atoms with Crippen LogP contribution >= 0.6 is 0 Å². The van der Waals surface area contributed by atoms with Crippen LogP contribution in [0.1, 0.15) is 27.2 Å². The molecule has 0 aromatic rings. The Balaban J connectivity index is 3.72. The lowest BCUT2D eigenvalue weighted by atomic mass is 10.0. The molecule has 3 nitrogen and oxygen atoms in total. The first-order valence-electron chi connectivity index (χ1n) is 6.10. The first-order chi connectivity index (χ1) is 6.97. The van der Waals surface area contributed by atoms with E-state index < -0.39 is 0 Å². The number of hydrogen-bond donors (Lipinski definition) is 1. The summed E-state index contributed by atoms with van der Waals surface area (Å²) in [7, 11) is 4.25. The van der Waals surface area contributed by atoms with Crippen LogP contribution in [0.25, 0.3) is 0 Å². The highest BCUT2D eigenvalue weighted by Crippen LogP contribution is 2.04. The molecule has 2 unspecified atom stereocenters. The van der Waals surface area contributed by atoms with E-state index in [0.717, 1.165) is 13.1 Å². The van der Waals surface area contributed by atoms with Crippen molar-refractivity contribution in [3.05, 3.63) is 0 Å². The van der Waals surface area contributed by atoms with Crippen molar-refractivity contribution < 1.29 is 0 Å². The maximum atomic E-state index is 5.88. The van der Waals surface area contributed by atoms with Crippen LogP contribution in [0.4, 0.5) is 0 Å². The maximum absolute atomic E-state index is 5.88. The summed E-state index contributed by atoms with van der Waals surface area (Å²) < 4.78 is 0. The Morgan fingerprint density at radius 2 is 1.73 bits per heavy atom. The monoisotopic (exact) mass is 215 g/mol. The third-order valence-electron chi connectivity index (χ3n) is 2.97. The first-order valence-corrected chi connectivity index (χ1v) is 6.10. The van der Waals surface area contributed by atoms with E-state index in [0.29, 0.717) is 12.0 Å². The lowest BCUT2D eigenvalue weighted by Gasteiger charge is -2.26. The van der Waals surface area contributed by atoms with Gasteiger partial charge in [-0.1, -0.05) is 13.8 Å². The fourth-order valence-corrected chi connectivity index (χ4v) is 1.56. The molecule has 2 N–H and O–H groups in total. The Hall–Kier alpha value is -0.120. The summed E-state index contributed by atoms with van der Waals surface area (Å²) in [5.41, 5.74) is 5.88. The second-order valence-electron chi connectivity index (χ2n) is 4.89. The SMILES string of the molecule is CCN(CCCN(C)C)CC(C)C(C)N. The highest BCUT2D eigenvalue weighted by atomic mass is 15.1. The zero-order valence-electron chi connectivity index (χ0n) is 11.2. The summed E-state index contributed by atoms with van der Waals surface area (Å²) in [6, 6.07) is 0.299. The Morgan fingerprint density at radius 3 is 2.13 bits per heavy atom. The van der Waals surface area contributed by atoms with Crippen LogP contribution in [0, 0.1) is 5.92 Å². The van der Waals surface area contributed by atoms with Crippen molar-refractivity contribution in [3.8, 4) is 0 Å². The van der Waals surface area contributed by atoms with Gasteiger partial charge in [-0.3, -0.25) is 0 Å². The lowest BCUT2D eigenvalue weighted by Crippen LogP contribution is -2.37. The molecule has 0 aromatic heterocycles. The van der Waals surface area contributed by atoms with Gasteiger partial charge in [0, 0.05) is 12.6 Å². The Labute approximate surface area is 95.6 Å². The Kier molecular flexibility index (Phi) is 8.02. The third-order valence-corrected chi connectivity index (χ3v) is 2.97. The van der Waals surface area contributed by atoms with Gasteiger partial charge in [-0.15, -0.1) is 0 Å². The van der Waals surface area contributed by atoms with Crippen LogP contribution in [0.15, 0.2) is 0 Å². The minimum Gasteiger partial charge on any atom is -0.328 e. The molecule has 0 fully saturated rings. The third kappa shape index (κ3) is 7.77. The zero-order valence-corrected chi connectivity index (χ0v) is 11.2. The lowest BCUT2D eigenvalue weighted by molar-refractivity contribution is 0.223. The topological polar surface area (TPSA) is 32.5 Å². The van der Waals surface area contributed by atoms with Crippen LogP contribution in [0.2, 0.25) is 0 Å². The standard InChI is InChI=1S/C12H29N3/c1-6-15(9-7-8-14(4)5)10-11(2)12(3)13/h11-12H,6-10,13H2,1-5H3. The minimum absolute atomic E-state index is 0.299. The van der Waals surface area contributed by atoms with Crippen LogP contribution < -0.4 is 5.73 Å². The molecule has 0 saturated heterocycles. The van der Waals surface area contributed by atoms with E-state index in [9.17, 15) is 0 Å². The number of nitrogens with zero attached hydrogens (tertiary/aromatic N) is 2. The van der Waals surface area contributed by atoms with Gasteiger partial charge in [0.05, 0.1) is 0 Å². The predicted octanol–water partition coefficient (Wildman–Crippen LogP) is 1.24. The van der Waals surface area contributed by atoms with Crippen molar-refractivity contribution in [1.82, 2.24) is 9.80 Å². The molecule has 0 amide bonds. The highest BCUT2D eigenvalue weighted by Gasteiger charge is 2.11. The molecule has 0 spiro atoms. The summed E-state index contributed by atoms with van der Waals surface area (Å²) in [4.78, 5) is 4.74. The molecule has 0 heterocycles. The average molecular weight is 215 g/mol. The summed E-state index contributed by atoms with van der Waals surface area (Å²) in [5, 5.41) is 0. The van der Waals surface area contributed by atoms with Crippen LogP contribution in [0.3, 0.4) is 0 Å². The molecule has 0 aliphatic carbocycles. The largest absolute Gasteiger partial charge is 0.328 e. The van der Waals surface area contributed by atoms with E-state index in [2.05, 4.69) is 44.7 Å². The smallest absolute Gasteiger partial charge is 0.00483 e. The molecule has 2 atom stereocenters. The highest BCUT2D eigenvalue weighted by molar-refractivity contribution is 4.68. The fraction of sp³-hybridized carbons (Fsp3) is 1.00. The van der Waals surface area contributed by atoms with Crippen LogP contribution in [-0.2, 0) is 0 Å². The summed E-state index contributed by atoms with van der Waals surface area (Å²) in [6.07, 6.45) is 1.24. The van der Waals surface area contributed by atoms with Gasteiger partial charge in [-0.05, 0) is 53.0 Å². The molecule has 0 saturated carbocycles. The van der Waals surface area contributed by atoms with Crippen molar-refractivity contribution in [3.63, 3.8) is 0 Å². The van der Waals surface area contributed by atoms with Gasteiger partial charge >= 0.3 is 0 Å². The summed E-state index contributed by atoms with van der Waals surface area (Å²) >= 11 is 0. The minimum atomic E-state index is 0.299. The maximum Gasteiger partial charge on any atom is 0.00483 e. The Bertz CT molecular complexity index is 146. The van der Waals surface area contributed by atoms with Gasteiger partial charge in [-0.2, -0.15) is 0 Å². The van der Waals surface area contributed by atoms with Crippen LogP contribution in [0.5, 0.6) is 0 Å². The predicted molar refractivity (Wildman–Crippen MR) is 68.1 cm³/mol. The summed E-state index contributed by atoms with van der Waals surface area (Å²) in [5.74, 6) is 0.587. The van der Waals surface area contributed by atoms with Gasteiger partial charge < -0.3 is 15.5 Å². The van der Waals surface area contributed by atoms with Gasteiger partial charge in [0.25, 0.3) is 0 Å². The molecular weight excluding hydrogens is 186 g/mol. The van der Waals surface area contributed by atoms with Gasteiger partial charge in [0.1, 0.15) is 0 Å². The van der Waals surface area contributed by atoms with Crippen molar-refractivity contribution in [2.45, 2.75) is 33.2 Å². The molecular formula is C12H29N3. The van der Waals surface area contributed by atoms with Crippen molar-refractivity contribution >= 4 is 0 Å². The van der Waals surface area contributed by atoms with E-state index in [1.807, 2.05) is 0 Å². The molecule has 0 bridgehead atoms. The molecule has 0 aliphatic rings. The molecule has 3 heteroatoms. The molecule has 15 heavy (non-hydrogen) atoms. The average Bonchev–Trinajstić information content (AvgIpc) is 2.15. The van der Waals surface area contributed by atoms with Crippen molar-refractivity contribution in [1.29, 1.82) is 0 Å². The molecule has 0 aliphatic heterocycles. The quantitative estimate of drug-likeness (QED) is 0.661. The summed E-state index contributed by atoms with van der Waals surface area (Å²) in [6.45, 7) is 11.2. The molecule has 0 rings (SSSR count). The van der Waals surface area contributed by atoms with E-state index in [4.69, 9.17) is 5.73 Å². The molecule has 0 aromatic carbocycles. The fourth-order valence-electron chi connectivity index (χ4n) is 1.56. The van der Waals surface area contributed by atoms with Gasteiger partial charge in [-0.25, -0.2) is 0 Å². The van der Waals surface area contributed by atoms with Crippen molar-refractivity contribution in [2.24, 2.45) is 11.7 Å². The van der Waals surface area contributed by atoms with E-state index in [-0.39, 0.29) is 0 Å².